The maximum absolute atomic E-state index is 10.6. The molecular formula is C23H25BrClNO5S. The zero-order valence-electron chi connectivity index (χ0n) is 17.5. The van der Waals surface area contributed by atoms with Crippen molar-refractivity contribution < 1.29 is 24.1 Å². The number of hydrogen-bond donors (Lipinski definition) is 2. The lowest BCUT2D eigenvalue weighted by Gasteiger charge is -2.21. The van der Waals surface area contributed by atoms with Crippen LogP contribution in [0, 0.1) is 0 Å². The van der Waals surface area contributed by atoms with Crippen molar-refractivity contribution in [3.8, 4) is 23.0 Å². The van der Waals surface area contributed by atoms with Crippen molar-refractivity contribution in [1.82, 2.24) is 5.32 Å². The molecule has 172 valence electrons. The summed E-state index contributed by atoms with van der Waals surface area (Å²) < 4.78 is 23.3. The Labute approximate surface area is 206 Å². The summed E-state index contributed by atoms with van der Waals surface area (Å²) in [4.78, 5) is 1.29. The van der Waals surface area contributed by atoms with Gasteiger partial charge in [-0.1, -0.05) is 12.1 Å². The highest BCUT2D eigenvalue weighted by Gasteiger charge is 2.18. The molecule has 4 rings (SSSR count). The van der Waals surface area contributed by atoms with Crippen molar-refractivity contribution >= 4 is 39.7 Å². The minimum Gasteiger partial charge on any atom is -0.493 e. The summed E-state index contributed by atoms with van der Waals surface area (Å²) in [6.07, 6.45) is -0.820. The molecule has 1 aliphatic heterocycles. The normalized spacial score (nSPS) is 13.2. The van der Waals surface area contributed by atoms with Crippen molar-refractivity contribution in [2.75, 3.05) is 26.9 Å². The van der Waals surface area contributed by atoms with Crippen LogP contribution in [0.15, 0.2) is 52.3 Å². The first kappa shape index (κ1) is 24.7. The summed E-state index contributed by atoms with van der Waals surface area (Å²) in [5, 5.41) is 16.1. The predicted molar refractivity (Wildman–Crippen MR) is 131 cm³/mol. The number of hydrogen-bond acceptors (Lipinski definition) is 7. The zero-order valence-corrected chi connectivity index (χ0v) is 20.7. The minimum atomic E-state index is -0.820. The number of ether oxygens (including phenoxy) is 4. The fourth-order valence-corrected chi connectivity index (χ4v) is 4.56. The molecule has 3 aromatic rings. The van der Waals surface area contributed by atoms with E-state index in [4.69, 9.17) is 18.9 Å². The standard InChI is InChI=1S/C23H24BrNO5S.ClH/c1-27-22-10-15(12-25-13-17-3-2-8-31-17)9-18(24)23(22)30-14-19(26)16-4-5-20-21(11-16)29-7-6-28-20;/h2-5,8-11,19,25-26H,6-7,12-14H2,1H3;1H. The summed E-state index contributed by atoms with van der Waals surface area (Å²) in [6, 6.07) is 13.5. The molecule has 0 saturated carbocycles. The molecular weight excluding hydrogens is 518 g/mol. The first-order valence-electron chi connectivity index (χ1n) is 9.94. The van der Waals surface area contributed by atoms with Crippen molar-refractivity contribution in [3.05, 3.63) is 68.3 Å². The second-order valence-electron chi connectivity index (χ2n) is 7.02. The van der Waals surface area contributed by atoms with Gasteiger partial charge in [-0.3, -0.25) is 0 Å². The molecule has 0 radical (unpaired) electrons. The highest BCUT2D eigenvalue weighted by molar-refractivity contribution is 9.10. The molecule has 2 aromatic carbocycles. The molecule has 1 aliphatic rings. The Kier molecular flexibility index (Phi) is 9.07. The molecule has 0 aliphatic carbocycles. The van der Waals surface area contributed by atoms with Crippen LogP contribution in [0.3, 0.4) is 0 Å². The lowest BCUT2D eigenvalue weighted by atomic mass is 10.1. The molecule has 0 spiro atoms. The first-order valence-corrected chi connectivity index (χ1v) is 11.6. The van der Waals surface area contributed by atoms with E-state index in [0.717, 1.165) is 16.6 Å². The Balaban J connectivity index is 0.00000289. The summed E-state index contributed by atoms with van der Waals surface area (Å²) in [5.74, 6) is 2.49. The van der Waals surface area contributed by atoms with Gasteiger partial charge in [0, 0.05) is 18.0 Å². The Bertz CT molecular complexity index is 1020. The Morgan fingerprint density at radius 2 is 1.94 bits per heavy atom. The van der Waals surface area contributed by atoms with Crippen LogP contribution in [-0.4, -0.2) is 32.0 Å². The Morgan fingerprint density at radius 3 is 2.69 bits per heavy atom. The van der Waals surface area contributed by atoms with Crippen LogP contribution in [0.25, 0.3) is 0 Å². The predicted octanol–water partition coefficient (Wildman–Crippen LogP) is 5.11. The van der Waals surface area contributed by atoms with Crippen LogP contribution in [0.4, 0.5) is 0 Å². The van der Waals surface area contributed by atoms with E-state index in [-0.39, 0.29) is 19.0 Å². The molecule has 2 heterocycles. The van der Waals surface area contributed by atoms with E-state index in [9.17, 15) is 5.11 Å². The molecule has 1 atom stereocenters. The highest BCUT2D eigenvalue weighted by Crippen LogP contribution is 2.38. The summed E-state index contributed by atoms with van der Waals surface area (Å²) in [5.41, 5.74) is 1.77. The van der Waals surface area contributed by atoms with Gasteiger partial charge in [0.15, 0.2) is 23.0 Å². The molecule has 32 heavy (non-hydrogen) atoms. The first-order chi connectivity index (χ1) is 15.1. The number of thiophene rings is 1. The molecule has 1 aromatic heterocycles. The average Bonchev–Trinajstić information content (AvgIpc) is 3.31. The number of nitrogens with one attached hydrogen (secondary N) is 1. The third kappa shape index (κ3) is 6.08. The van der Waals surface area contributed by atoms with Gasteiger partial charge < -0.3 is 29.4 Å². The van der Waals surface area contributed by atoms with Crippen molar-refractivity contribution in [2.45, 2.75) is 19.2 Å². The topological polar surface area (TPSA) is 69.2 Å². The number of aliphatic hydroxyl groups excluding tert-OH is 1. The van der Waals surface area contributed by atoms with E-state index in [0.29, 0.717) is 48.3 Å². The third-order valence-electron chi connectivity index (χ3n) is 4.83. The fraction of sp³-hybridized carbons (Fsp3) is 0.304. The van der Waals surface area contributed by atoms with Crippen molar-refractivity contribution in [1.29, 1.82) is 0 Å². The second kappa shape index (κ2) is 11.8. The smallest absolute Gasteiger partial charge is 0.175 e. The van der Waals surface area contributed by atoms with Gasteiger partial charge in [0.05, 0.1) is 11.6 Å². The second-order valence-corrected chi connectivity index (χ2v) is 8.91. The van der Waals surface area contributed by atoms with Gasteiger partial charge in [0.1, 0.15) is 25.9 Å². The summed E-state index contributed by atoms with van der Waals surface area (Å²) >= 11 is 5.31. The molecule has 6 nitrogen and oxygen atoms in total. The zero-order chi connectivity index (χ0) is 21.6. The monoisotopic (exact) mass is 541 g/mol. The van der Waals surface area contributed by atoms with Crippen LogP contribution in [0.1, 0.15) is 22.1 Å². The molecule has 0 amide bonds. The van der Waals surface area contributed by atoms with E-state index in [1.54, 1.807) is 24.5 Å². The lowest BCUT2D eigenvalue weighted by Crippen LogP contribution is -2.16. The maximum Gasteiger partial charge on any atom is 0.175 e. The largest absolute Gasteiger partial charge is 0.493 e. The van der Waals surface area contributed by atoms with Crippen LogP contribution in [-0.2, 0) is 13.1 Å². The Hall–Kier alpha value is -1.97. The number of halogens is 2. The third-order valence-corrected chi connectivity index (χ3v) is 6.30. The van der Waals surface area contributed by atoms with Crippen LogP contribution in [0.2, 0.25) is 0 Å². The molecule has 1 unspecified atom stereocenters. The van der Waals surface area contributed by atoms with E-state index in [1.807, 2.05) is 30.3 Å². The quantitative estimate of drug-likeness (QED) is 0.391. The molecule has 0 bridgehead atoms. The van der Waals surface area contributed by atoms with Crippen molar-refractivity contribution in [3.63, 3.8) is 0 Å². The fourth-order valence-electron chi connectivity index (χ4n) is 3.28. The maximum atomic E-state index is 10.6. The van der Waals surface area contributed by atoms with Crippen molar-refractivity contribution in [2.24, 2.45) is 0 Å². The van der Waals surface area contributed by atoms with Gasteiger partial charge in [-0.05, 0) is 62.8 Å². The Morgan fingerprint density at radius 1 is 1.12 bits per heavy atom. The number of rotatable bonds is 9. The van der Waals surface area contributed by atoms with Crippen LogP contribution < -0.4 is 24.3 Å². The molecule has 2 N–H and O–H groups in total. The van der Waals surface area contributed by atoms with E-state index < -0.39 is 6.10 Å². The van der Waals surface area contributed by atoms with Crippen LogP contribution in [0.5, 0.6) is 23.0 Å². The molecule has 0 saturated heterocycles. The van der Waals surface area contributed by atoms with Gasteiger partial charge in [-0.15, -0.1) is 23.7 Å². The SMILES string of the molecule is COc1cc(CNCc2cccs2)cc(Br)c1OCC(O)c1ccc2c(c1)OCCO2.Cl. The summed E-state index contributed by atoms with van der Waals surface area (Å²) in [7, 11) is 1.61. The van der Waals surface area contributed by atoms with Crippen LogP contribution >= 0.6 is 39.7 Å². The molecule has 0 fully saturated rings. The number of fused-ring (bicyclic) bond motifs is 1. The summed E-state index contributed by atoms with van der Waals surface area (Å²) in [6.45, 7) is 2.63. The lowest BCUT2D eigenvalue weighted by molar-refractivity contribution is 0.105. The number of methoxy groups -OCH3 is 1. The van der Waals surface area contributed by atoms with E-state index in [2.05, 4.69) is 32.7 Å². The molecule has 9 heteroatoms. The van der Waals surface area contributed by atoms with Gasteiger partial charge >= 0.3 is 0 Å². The van der Waals surface area contributed by atoms with Gasteiger partial charge in [-0.25, -0.2) is 0 Å². The highest BCUT2D eigenvalue weighted by atomic mass is 79.9. The van der Waals surface area contributed by atoms with Gasteiger partial charge in [0.2, 0.25) is 0 Å². The van der Waals surface area contributed by atoms with Gasteiger partial charge in [0.25, 0.3) is 0 Å². The van der Waals surface area contributed by atoms with Gasteiger partial charge in [-0.2, -0.15) is 0 Å². The number of benzene rings is 2. The average molecular weight is 543 g/mol. The van der Waals surface area contributed by atoms with E-state index >= 15 is 0 Å². The minimum absolute atomic E-state index is 0. The van der Waals surface area contributed by atoms with E-state index in [1.165, 1.54) is 4.88 Å². The number of aliphatic hydroxyl groups is 1.